The van der Waals surface area contributed by atoms with Crippen molar-refractivity contribution in [3.63, 3.8) is 0 Å². The third-order valence-electron chi connectivity index (χ3n) is 3.49. The van der Waals surface area contributed by atoms with Crippen LogP contribution in [0.2, 0.25) is 0 Å². The summed E-state index contributed by atoms with van der Waals surface area (Å²) >= 11 is 3.30. The molecule has 0 aromatic heterocycles. The first-order chi connectivity index (χ1) is 9.86. The maximum Gasteiger partial charge on any atom is 0.326 e. The van der Waals surface area contributed by atoms with Gasteiger partial charge in [-0.2, -0.15) is 0 Å². The number of carbonyl (C=O) groups is 3. The van der Waals surface area contributed by atoms with Crippen molar-refractivity contribution in [3.8, 4) is 0 Å². The van der Waals surface area contributed by atoms with E-state index in [9.17, 15) is 14.4 Å². The SMILES string of the molecule is CCN1C(=O)CN(C(C)C(=O)O)C(=O)c2cc(Br)ccc21. The summed E-state index contributed by atoms with van der Waals surface area (Å²) in [5, 5.41) is 9.13. The summed E-state index contributed by atoms with van der Waals surface area (Å²) in [6.45, 7) is 3.37. The van der Waals surface area contributed by atoms with E-state index in [1.807, 2.05) is 6.92 Å². The Morgan fingerprint density at radius 1 is 1.43 bits per heavy atom. The number of amides is 2. The van der Waals surface area contributed by atoms with Crippen LogP contribution in [0.5, 0.6) is 0 Å². The van der Waals surface area contributed by atoms with Gasteiger partial charge in [0.25, 0.3) is 5.91 Å². The maximum atomic E-state index is 12.6. The fourth-order valence-corrected chi connectivity index (χ4v) is 2.66. The van der Waals surface area contributed by atoms with Gasteiger partial charge >= 0.3 is 5.97 Å². The standard InChI is InChI=1S/C14H15BrN2O4/c1-3-16-11-5-4-9(15)6-10(11)13(19)17(7-12(16)18)8(2)14(20)21/h4-6,8H,3,7H2,1-2H3,(H,20,21). The summed E-state index contributed by atoms with van der Waals surface area (Å²) in [6, 6.07) is 3.98. The van der Waals surface area contributed by atoms with Crippen LogP contribution in [0, 0.1) is 0 Å². The van der Waals surface area contributed by atoms with E-state index >= 15 is 0 Å². The Morgan fingerprint density at radius 2 is 2.10 bits per heavy atom. The second-order valence-corrected chi connectivity index (χ2v) is 5.66. The highest BCUT2D eigenvalue weighted by atomic mass is 79.9. The molecule has 2 rings (SSSR count). The number of halogens is 1. The van der Waals surface area contributed by atoms with Gasteiger partial charge in [0, 0.05) is 11.0 Å². The molecule has 0 bridgehead atoms. The average molecular weight is 355 g/mol. The van der Waals surface area contributed by atoms with Gasteiger partial charge < -0.3 is 14.9 Å². The van der Waals surface area contributed by atoms with Crippen molar-refractivity contribution in [3.05, 3.63) is 28.2 Å². The van der Waals surface area contributed by atoms with Crippen LogP contribution in [-0.4, -0.2) is 46.9 Å². The number of likely N-dealkylation sites (N-methyl/N-ethyl adjacent to an activating group) is 1. The second kappa shape index (κ2) is 5.85. The lowest BCUT2D eigenvalue weighted by atomic mass is 10.1. The summed E-state index contributed by atoms with van der Waals surface area (Å²) in [5.74, 6) is -1.89. The van der Waals surface area contributed by atoms with Crippen molar-refractivity contribution >= 4 is 39.4 Å². The van der Waals surface area contributed by atoms with Gasteiger partial charge in [0.2, 0.25) is 5.91 Å². The topological polar surface area (TPSA) is 77.9 Å². The molecule has 1 atom stereocenters. The molecule has 21 heavy (non-hydrogen) atoms. The molecule has 0 fully saturated rings. The van der Waals surface area contributed by atoms with E-state index in [1.54, 1.807) is 18.2 Å². The van der Waals surface area contributed by atoms with Crippen molar-refractivity contribution in [2.24, 2.45) is 0 Å². The summed E-state index contributed by atoms with van der Waals surface area (Å²) in [6.07, 6.45) is 0. The van der Waals surface area contributed by atoms with E-state index in [0.717, 1.165) is 4.90 Å². The summed E-state index contributed by atoms with van der Waals surface area (Å²) in [7, 11) is 0. The molecule has 1 aromatic rings. The zero-order valence-electron chi connectivity index (χ0n) is 11.7. The Hall–Kier alpha value is -1.89. The van der Waals surface area contributed by atoms with Gasteiger partial charge in [-0.15, -0.1) is 0 Å². The van der Waals surface area contributed by atoms with Gasteiger partial charge in [0.1, 0.15) is 12.6 Å². The molecule has 0 spiro atoms. The number of carboxylic acid groups (broad SMARTS) is 1. The molecule has 1 aromatic carbocycles. The van der Waals surface area contributed by atoms with Gasteiger partial charge in [-0.25, -0.2) is 4.79 Å². The number of hydrogen-bond donors (Lipinski definition) is 1. The van der Waals surface area contributed by atoms with E-state index in [4.69, 9.17) is 5.11 Å². The Kier molecular flexibility index (Phi) is 4.32. The summed E-state index contributed by atoms with van der Waals surface area (Å²) in [4.78, 5) is 38.7. The molecule has 1 aliphatic rings. The van der Waals surface area contributed by atoms with Crippen molar-refractivity contribution in [2.75, 3.05) is 18.0 Å². The summed E-state index contributed by atoms with van der Waals surface area (Å²) < 4.78 is 0.697. The van der Waals surface area contributed by atoms with Crippen LogP contribution < -0.4 is 4.90 Å². The summed E-state index contributed by atoms with van der Waals surface area (Å²) in [5.41, 5.74) is 0.834. The number of hydrogen-bond acceptors (Lipinski definition) is 3. The number of rotatable bonds is 3. The molecule has 0 aliphatic carbocycles. The third-order valence-corrected chi connectivity index (χ3v) is 3.98. The van der Waals surface area contributed by atoms with E-state index in [-0.39, 0.29) is 12.5 Å². The fraction of sp³-hybridized carbons (Fsp3) is 0.357. The van der Waals surface area contributed by atoms with Gasteiger partial charge in [-0.05, 0) is 32.0 Å². The first-order valence-electron chi connectivity index (χ1n) is 6.50. The first-order valence-corrected chi connectivity index (χ1v) is 7.29. The molecule has 1 aliphatic heterocycles. The highest BCUT2D eigenvalue weighted by Crippen LogP contribution is 2.29. The Bertz CT molecular complexity index is 617. The lowest BCUT2D eigenvalue weighted by molar-refractivity contribution is -0.142. The minimum absolute atomic E-state index is 0.244. The first kappa shape index (κ1) is 15.5. The van der Waals surface area contributed by atoms with Crippen LogP contribution in [0.3, 0.4) is 0 Å². The van der Waals surface area contributed by atoms with Crippen molar-refractivity contribution in [2.45, 2.75) is 19.9 Å². The highest BCUT2D eigenvalue weighted by Gasteiger charge is 2.35. The lowest BCUT2D eigenvalue weighted by Gasteiger charge is -2.24. The fourth-order valence-electron chi connectivity index (χ4n) is 2.30. The van der Waals surface area contributed by atoms with Gasteiger partial charge in [-0.1, -0.05) is 15.9 Å². The van der Waals surface area contributed by atoms with E-state index < -0.39 is 17.9 Å². The smallest absolute Gasteiger partial charge is 0.326 e. The van der Waals surface area contributed by atoms with Crippen molar-refractivity contribution in [1.82, 2.24) is 4.90 Å². The average Bonchev–Trinajstić information content (AvgIpc) is 2.54. The monoisotopic (exact) mass is 354 g/mol. The number of benzene rings is 1. The normalized spacial score (nSPS) is 16.5. The van der Waals surface area contributed by atoms with E-state index in [1.165, 1.54) is 11.8 Å². The molecule has 1 N–H and O–H groups in total. The quantitative estimate of drug-likeness (QED) is 0.896. The Balaban J connectivity index is 2.58. The van der Waals surface area contributed by atoms with Crippen LogP contribution >= 0.6 is 15.9 Å². The molecule has 1 unspecified atom stereocenters. The van der Waals surface area contributed by atoms with Crippen LogP contribution in [0.15, 0.2) is 22.7 Å². The molecular weight excluding hydrogens is 340 g/mol. The van der Waals surface area contributed by atoms with Crippen molar-refractivity contribution < 1.29 is 19.5 Å². The predicted molar refractivity (Wildman–Crippen MR) is 80.3 cm³/mol. The van der Waals surface area contributed by atoms with E-state index in [2.05, 4.69) is 15.9 Å². The van der Waals surface area contributed by atoms with Crippen LogP contribution in [0.25, 0.3) is 0 Å². The van der Waals surface area contributed by atoms with Crippen molar-refractivity contribution in [1.29, 1.82) is 0 Å². The maximum absolute atomic E-state index is 12.6. The molecule has 6 nitrogen and oxygen atoms in total. The molecule has 112 valence electrons. The number of fused-ring (bicyclic) bond motifs is 1. The molecule has 2 amide bonds. The van der Waals surface area contributed by atoms with Gasteiger partial charge in [0.05, 0.1) is 11.3 Å². The van der Waals surface area contributed by atoms with Gasteiger partial charge in [-0.3, -0.25) is 9.59 Å². The third kappa shape index (κ3) is 2.78. The number of aliphatic carboxylic acids is 1. The number of carboxylic acids is 1. The zero-order chi connectivity index (χ0) is 15.7. The van der Waals surface area contributed by atoms with Gasteiger partial charge in [0.15, 0.2) is 0 Å². The molecule has 0 saturated carbocycles. The van der Waals surface area contributed by atoms with Crippen LogP contribution in [0.1, 0.15) is 24.2 Å². The number of nitrogens with zero attached hydrogens (tertiary/aromatic N) is 2. The lowest BCUT2D eigenvalue weighted by Crippen LogP contribution is -2.46. The van der Waals surface area contributed by atoms with Crippen LogP contribution in [-0.2, 0) is 9.59 Å². The Morgan fingerprint density at radius 3 is 2.67 bits per heavy atom. The highest BCUT2D eigenvalue weighted by molar-refractivity contribution is 9.10. The van der Waals surface area contributed by atoms with E-state index in [0.29, 0.717) is 22.3 Å². The molecule has 0 saturated heterocycles. The minimum atomic E-state index is -1.14. The molecule has 1 heterocycles. The largest absolute Gasteiger partial charge is 0.480 e. The second-order valence-electron chi connectivity index (χ2n) is 4.75. The molecular formula is C14H15BrN2O4. The Labute approximate surface area is 130 Å². The zero-order valence-corrected chi connectivity index (χ0v) is 13.3. The molecule has 7 heteroatoms. The van der Waals surface area contributed by atoms with Crippen LogP contribution in [0.4, 0.5) is 5.69 Å². The number of carbonyl (C=O) groups excluding carboxylic acids is 2. The predicted octanol–water partition coefficient (Wildman–Crippen LogP) is 1.73. The molecule has 0 radical (unpaired) electrons. The minimum Gasteiger partial charge on any atom is -0.480 e. The number of anilines is 1.